The van der Waals surface area contributed by atoms with Crippen molar-refractivity contribution in [2.75, 3.05) is 6.54 Å². The van der Waals surface area contributed by atoms with Crippen LogP contribution in [0.1, 0.15) is 35.6 Å². The molecule has 2 N–H and O–H groups in total. The maximum Gasteiger partial charge on any atom is 0.307 e. The molecule has 0 radical (unpaired) electrons. The van der Waals surface area contributed by atoms with E-state index in [9.17, 15) is 13.2 Å². The Bertz CT molecular complexity index is 621. The molecule has 6 heteroatoms. The van der Waals surface area contributed by atoms with Crippen molar-refractivity contribution in [3.63, 3.8) is 0 Å². The van der Waals surface area contributed by atoms with Gasteiger partial charge in [-0.1, -0.05) is 13.0 Å². The van der Waals surface area contributed by atoms with Crippen LogP contribution < -0.4 is 4.72 Å². The van der Waals surface area contributed by atoms with Crippen LogP contribution in [-0.2, 0) is 21.2 Å². The predicted molar refractivity (Wildman–Crippen MR) is 77.5 cm³/mol. The molecule has 0 heterocycles. The molecule has 1 rings (SSSR count). The summed E-state index contributed by atoms with van der Waals surface area (Å²) in [5.74, 6) is -0.968. The molecule has 0 bridgehead atoms. The highest BCUT2D eigenvalue weighted by Gasteiger charge is 2.22. The highest BCUT2D eigenvalue weighted by atomic mass is 32.2. The number of nitrogens with one attached hydrogen (secondary N) is 1. The lowest BCUT2D eigenvalue weighted by Gasteiger charge is -2.17. The Hall–Kier alpha value is -1.40. The van der Waals surface area contributed by atoms with Gasteiger partial charge in [-0.05, 0) is 49.4 Å². The third-order valence-corrected chi connectivity index (χ3v) is 4.95. The average Bonchev–Trinajstić information content (AvgIpc) is 2.31. The van der Waals surface area contributed by atoms with E-state index in [1.165, 1.54) is 0 Å². The normalized spacial score (nSPS) is 11.6. The van der Waals surface area contributed by atoms with E-state index in [4.69, 9.17) is 5.11 Å². The van der Waals surface area contributed by atoms with Crippen molar-refractivity contribution in [3.8, 4) is 0 Å². The number of carboxylic acid groups (broad SMARTS) is 1. The number of carboxylic acids is 1. The van der Waals surface area contributed by atoms with Gasteiger partial charge in [0, 0.05) is 6.54 Å². The molecule has 0 aliphatic heterocycles. The standard InChI is InChI=1S/C14H21NO4S/c1-5-6-15-20(18,19)14-10(3)7-9(2)12(11(14)4)8-13(16)17/h7,15H,5-6,8H2,1-4H3,(H,16,17). The highest BCUT2D eigenvalue weighted by molar-refractivity contribution is 7.89. The van der Waals surface area contributed by atoms with Gasteiger partial charge >= 0.3 is 5.97 Å². The lowest BCUT2D eigenvalue weighted by atomic mass is 9.97. The summed E-state index contributed by atoms with van der Waals surface area (Å²) in [7, 11) is -3.60. The van der Waals surface area contributed by atoms with Gasteiger partial charge in [-0.15, -0.1) is 0 Å². The van der Waals surface area contributed by atoms with Gasteiger partial charge in [0.25, 0.3) is 0 Å². The SMILES string of the molecule is CCCNS(=O)(=O)c1c(C)cc(C)c(CC(=O)O)c1C. The number of carbonyl (C=O) groups is 1. The zero-order valence-electron chi connectivity index (χ0n) is 12.3. The Morgan fingerprint density at radius 3 is 2.35 bits per heavy atom. The minimum absolute atomic E-state index is 0.172. The number of aryl methyl sites for hydroxylation is 2. The molecule has 0 saturated heterocycles. The van der Waals surface area contributed by atoms with Crippen LogP contribution in [0, 0.1) is 20.8 Å². The number of benzene rings is 1. The van der Waals surface area contributed by atoms with Crippen molar-refractivity contribution in [2.45, 2.75) is 45.4 Å². The van der Waals surface area contributed by atoms with Gasteiger partial charge in [0.05, 0.1) is 11.3 Å². The van der Waals surface area contributed by atoms with Crippen LogP contribution in [0.4, 0.5) is 0 Å². The number of sulfonamides is 1. The molecule has 0 saturated carbocycles. The van der Waals surface area contributed by atoms with Crippen molar-refractivity contribution in [1.29, 1.82) is 0 Å². The smallest absolute Gasteiger partial charge is 0.307 e. The quantitative estimate of drug-likeness (QED) is 0.840. The highest BCUT2D eigenvalue weighted by Crippen LogP contribution is 2.26. The van der Waals surface area contributed by atoms with Crippen LogP contribution in [0.3, 0.4) is 0 Å². The Labute approximate surface area is 120 Å². The van der Waals surface area contributed by atoms with E-state index in [1.54, 1.807) is 26.8 Å². The molecular formula is C14H21NO4S. The molecule has 0 aliphatic carbocycles. The Morgan fingerprint density at radius 2 is 1.85 bits per heavy atom. The van der Waals surface area contributed by atoms with Gasteiger partial charge in [0.1, 0.15) is 0 Å². The summed E-state index contributed by atoms with van der Waals surface area (Å²) < 4.78 is 27.2. The van der Waals surface area contributed by atoms with E-state index in [2.05, 4.69) is 4.72 Å². The molecule has 0 aromatic heterocycles. The zero-order valence-corrected chi connectivity index (χ0v) is 13.1. The van der Waals surface area contributed by atoms with Crippen LogP contribution in [0.25, 0.3) is 0 Å². The topological polar surface area (TPSA) is 83.5 Å². The first-order valence-electron chi connectivity index (χ1n) is 6.51. The second kappa shape index (κ2) is 6.37. The van der Waals surface area contributed by atoms with E-state index in [-0.39, 0.29) is 11.3 Å². The van der Waals surface area contributed by atoms with Crippen LogP contribution in [0.5, 0.6) is 0 Å². The van der Waals surface area contributed by atoms with Crippen LogP contribution in [0.15, 0.2) is 11.0 Å². The van der Waals surface area contributed by atoms with Crippen molar-refractivity contribution >= 4 is 16.0 Å². The molecular weight excluding hydrogens is 278 g/mol. The summed E-state index contributed by atoms with van der Waals surface area (Å²) in [6.07, 6.45) is 0.527. The largest absolute Gasteiger partial charge is 0.481 e. The molecule has 20 heavy (non-hydrogen) atoms. The molecule has 0 amide bonds. The molecule has 5 nitrogen and oxygen atoms in total. The van der Waals surface area contributed by atoms with Crippen molar-refractivity contribution < 1.29 is 18.3 Å². The van der Waals surface area contributed by atoms with Gasteiger partial charge in [-0.2, -0.15) is 0 Å². The first-order chi connectivity index (χ1) is 9.20. The van der Waals surface area contributed by atoms with Crippen molar-refractivity contribution in [3.05, 3.63) is 28.3 Å². The Kier molecular flexibility index (Phi) is 5.30. The summed E-state index contributed by atoms with van der Waals surface area (Å²) in [5, 5.41) is 8.96. The lowest BCUT2D eigenvalue weighted by Crippen LogP contribution is -2.26. The second-order valence-electron chi connectivity index (χ2n) is 4.91. The lowest BCUT2D eigenvalue weighted by molar-refractivity contribution is -0.136. The van der Waals surface area contributed by atoms with E-state index in [0.29, 0.717) is 29.7 Å². The predicted octanol–water partition coefficient (Wildman–Crippen LogP) is 1.93. The second-order valence-corrected chi connectivity index (χ2v) is 6.62. The number of aliphatic carboxylic acids is 1. The maximum absolute atomic E-state index is 12.3. The number of rotatable bonds is 6. The summed E-state index contributed by atoms with van der Waals surface area (Å²) in [6, 6.07) is 1.73. The average molecular weight is 299 g/mol. The molecule has 0 unspecified atom stereocenters. The van der Waals surface area contributed by atoms with Crippen LogP contribution in [0.2, 0.25) is 0 Å². The summed E-state index contributed by atoms with van der Waals surface area (Å²) in [5.41, 5.74) is 2.53. The molecule has 0 atom stereocenters. The third kappa shape index (κ3) is 3.58. The zero-order chi connectivity index (χ0) is 15.5. The van der Waals surface area contributed by atoms with E-state index >= 15 is 0 Å². The molecule has 1 aromatic rings. The fraction of sp³-hybridized carbons (Fsp3) is 0.500. The minimum Gasteiger partial charge on any atom is -0.481 e. The summed E-state index contributed by atoms with van der Waals surface area (Å²) >= 11 is 0. The van der Waals surface area contributed by atoms with Gasteiger partial charge in [-0.3, -0.25) is 4.79 Å². The van der Waals surface area contributed by atoms with Crippen LogP contribution in [-0.4, -0.2) is 26.0 Å². The van der Waals surface area contributed by atoms with E-state index in [1.807, 2.05) is 6.92 Å². The van der Waals surface area contributed by atoms with Gasteiger partial charge < -0.3 is 5.11 Å². The fourth-order valence-corrected chi connectivity index (χ4v) is 3.98. The molecule has 112 valence electrons. The fourth-order valence-electron chi connectivity index (χ4n) is 2.35. The Balaban J connectivity index is 3.44. The van der Waals surface area contributed by atoms with E-state index < -0.39 is 16.0 Å². The van der Waals surface area contributed by atoms with Crippen LogP contribution >= 0.6 is 0 Å². The van der Waals surface area contributed by atoms with E-state index in [0.717, 1.165) is 5.56 Å². The number of hydrogen-bond donors (Lipinski definition) is 2. The monoisotopic (exact) mass is 299 g/mol. The number of hydrogen-bond acceptors (Lipinski definition) is 3. The van der Waals surface area contributed by atoms with Gasteiger partial charge in [0.2, 0.25) is 10.0 Å². The first kappa shape index (κ1) is 16.7. The van der Waals surface area contributed by atoms with Crippen molar-refractivity contribution in [1.82, 2.24) is 4.72 Å². The summed E-state index contributed by atoms with van der Waals surface area (Å²) in [6.45, 7) is 7.44. The maximum atomic E-state index is 12.3. The summed E-state index contributed by atoms with van der Waals surface area (Å²) in [4.78, 5) is 11.1. The first-order valence-corrected chi connectivity index (χ1v) is 8.00. The molecule has 1 aromatic carbocycles. The molecule has 0 aliphatic rings. The van der Waals surface area contributed by atoms with Crippen molar-refractivity contribution in [2.24, 2.45) is 0 Å². The van der Waals surface area contributed by atoms with Gasteiger partial charge in [-0.25, -0.2) is 13.1 Å². The molecule has 0 spiro atoms. The molecule has 0 fully saturated rings. The minimum atomic E-state index is -3.60. The van der Waals surface area contributed by atoms with Gasteiger partial charge in [0.15, 0.2) is 0 Å². The third-order valence-electron chi connectivity index (χ3n) is 3.20. The Morgan fingerprint density at radius 1 is 1.25 bits per heavy atom.